The summed E-state index contributed by atoms with van der Waals surface area (Å²) >= 11 is 0. The molecule has 2 N–H and O–H groups in total. The Hall–Kier alpha value is -3.60. The van der Waals surface area contributed by atoms with Gasteiger partial charge in [0.2, 0.25) is 0 Å². The highest BCUT2D eigenvalue weighted by Gasteiger charge is 2.38. The Balaban J connectivity index is 1.32. The highest BCUT2D eigenvalue weighted by Crippen LogP contribution is 2.37. The fourth-order valence-corrected chi connectivity index (χ4v) is 4.44. The summed E-state index contributed by atoms with van der Waals surface area (Å²) in [6.07, 6.45) is 5.49. The van der Waals surface area contributed by atoms with Crippen LogP contribution in [-0.2, 0) is 12.5 Å². The lowest BCUT2D eigenvalue weighted by Gasteiger charge is -2.42. The number of anilines is 1. The van der Waals surface area contributed by atoms with Crippen LogP contribution in [0.1, 0.15) is 53.4 Å². The summed E-state index contributed by atoms with van der Waals surface area (Å²) < 4.78 is 29.5. The molecule has 1 atom stereocenters. The number of likely N-dealkylation sites (tertiary alicyclic amines) is 1. The molecule has 4 heterocycles. The lowest BCUT2D eigenvalue weighted by molar-refractivity contribution is -0.0364. The number of rotatable bonds is 3. The number of allylic oxidation sites excluding steroid dienone is 1. The van der Waals surface area contributed by atoms with Crippen molar-refractivity contribution in [2.75, 3.05) is 18.4 Å². The van der Waals surface area contributed by atoms with E-state index in [4.69, 9.17) is 0 Å². The van der Waals surface area contributed by atoms with Gasteiger partial charge in [-0.25, -0.2) is 0 Å². The Morgan fingerprint density at radius 1 is 1.26 bits per heavy atom. The van der Waals surface area contributed by atoms with Gasteiger partial charge in [-0.1, -0.05) is 17.9 Å². The summed E-state index contributed by atoms with van der Waals surface area (Å²) in [5, 5.41) is 10.1. The number of fused-ring (bicyclic) bond motifs is 1. The van der Waals surface area contributed by atoms with Crippen LogP contribution in [0.5, 0.6) is 0 Å². The molecule has 1 aromatic heterocycles. The number of benzene rings is 1. The average Bonchev–Trinajstić information content (AvgIpc) is 3.22. The van der Waals surface area contributed by atoms with Crippen LogP contribution in [0.3, 0.4) is 0 Å². The van der Waals surface area contributed by atoms with E-state index in [-0.39, 0.29) is 17.9 Å². The second-order valence-electron chi connectivity index (χ2n) is 9.13. The molecule has 1 saturated heterocycles. The van der Waals surface area contributed by atoms with Gasteiger partial charge in [-0.3, -0.25) is 9.48 Å². The molecule has 0 bridgehead atoms. The molecular formula is C26H27F2N5O. The van der Waals surface area contributed by atoms with Crippen LogP contribution < -0.4 is 10.6 Å². The first kappa shape index (κ1) is 22.2. The number of carbonyl (C=O) groups excluding carboxylic acids is 1. The SMILES string of the molecule is Cc1ccc(C(=O)Nc2cc3n(n2)CCCC3(F)F)cc1C#CC1=CC(N2CCC2C)=CNC1. The van der Waals surface area contributed by atoms with Crippen LogP contribution in [0.15, 0.2) is 47.8 Å². The molecule has 0 spiro atoms. The first-order chi connectivity index (χ1) is 16.3. The molecule has 176 valence electrons. The van der Waals surface area contributed by atoms with Gasteiger partial charge in [-0.15, -0.1) is 0 Å². The van der Waals surface area contributed by atoms with Crippen LogP contribution in [0, 0.1) is 18.8 Å². The van der Waals surface area contributed by atoms with Crippen molar-refractivity contribution in [1.82, 2.24) is 20.0 Å². The van der Waals surface area contributed by atoms with Crippen molar-refractivity contribution in [1.29, 1.82) is 0 Å². The van der Waals surface area contributed by atoms with Gasteiger partial charge in [0.25, 0.3) is 11.8 Å². The third kappa shape index (κ3) is 4.30. The van der Waals surface area contributed by atoms with Crippen molar-refractivity contribution in [3.05, 3.63) is 70.2 Å². The number of hydrogen-bond donors (Lipinski definition) is 2. The number of alkyl halides is 2. The molecule has 3 aliphatic rings. The number of nitrogens with one attached hydrogen (secondary N) is 2. The number of halogens is 2. The number of nitrogens with zero attached hydrogens (tertiary/aromatic N) is 3. The molecule has 1 aromatic carbocycles. The maximum Gasteiger partial charge on any atom is 0.289 e. The first-order valence-electron chi connectivity index (χ1n) is 11.6. The fraction of sp³-hybridized carbons (Fsp3) is 0.385. The van der Waals surface area contributed by atoms with E-state index in [1.807, 2.05) is 19.2 Å². The van der Waals surface area contributed by atoms with Gasteiger partial charge >= 0.3 is 0 Å². The molecule has 2 aromatic rings. The minimum Gasteiger partial charge on any atom is -0.385 e. The van der Waals surface area contributed by atoms with E-state index in [1.54, 1.807) is 12.1 Å². The molecule has 1 amide bonds. The number of aromatic nitrogens is 2. The maximum atomic E-state index is 14.1. The van der Waals surface area contributed by atoms with E-state index >= 15 is 0 Å². The predicted molar refractivity (Wildman–Crippen MR) is 126 cm³/mol. The average molecular weight is 464 g/mol. The van der Waals surface area contributed by atoms with Crippen LogP contribution in [0.25, 0.3) is 0 Å². The Morgan fingerprint density at radius 2 is 2.12 bits per heavy atom. The molecular weight excluding hydrogens is 436 g/mol. The second kappa shape index (κ2) is 8.64. The molecule has 8 heteroatoms. The number of dihydropyridines is 1. The Bertz CT molecular complexity index is 1260. The molecule has 0 radical (unpaired) electrons. The van der Waals surface area contributed by atoms with Crippen LogP contribution in [0.4, 0.5) is 14.6 Å². The van der Waals surface area contributed by atoms with Crippen molar-refractivity contribution >= 4 is 11.7 Å². The van der Waals surface area contributed by atoms with Gasteiger partial charge in [0, 0.05) is 61.1 Å². The maximum absolute atomic E-state index is 14.1. The van der Waals surface area contributed by atoms with Crippen LogP contribution in [0.2, 0.25) is 0 Å². The van der Waals surface area contributed by atoms with E-state index in [0.29, 0.717) is 31.1 Å². The van der Waals surface area contributed by atoms with Gasteiger partial charge in [0.05, 0.1) is 5.70 Å². The molecule has 1 unspecified atom stereocenters. The predicted octanol–water partition coefficient (Wildman–Crippen LogP) is 4.15. The third-order valence-corrected chi connectivity index (χ3v) is 6.63. The van der Waals surface area contributed by atoms with Gasteiger partial charge < -0.3 is 15.5 Å². The zero-order chi connectivity index (χ0) is 23.9. The van der Waals surface area contributed by atoms with Crippen molar-refractivity contribution in [2.45, 2.75) is 51.6 Å². The van der Waals surface area contributed by atoms with Crippen molar-refractivity contribution < 1.29 is 13.6 Å². The Labute approximate surface area is 197 Å². The first-order valence-corrected chi connectivity index (χ1v) is 11.6. The minimum absolute atomic E-state index is 0.132. The van der Waals surface area contributed by atoms with Gasteiger partial charge in [0.1, 0.15) is 5.69 Å². The van der Waals surface area contributed by atoms with Gasteiger partial charge in [-0.2, -0.15) is 13.9 Å². The summed E-state index contributed by atoms with van der Waals surface area (Å²) in [6.45, 7) is 6.29. The van der Waals surface area contributed by atoms with Gasteiger partial charge in [0.15, 0.2) is 5.82 Å². The fourth-order valence-electron chi connectivity index (χ4n) is 4.44. The lowest BCUT2D eigenvalue weighted by Crippen LogP contribution is -2.45. The number of carbonyl (C=O) groups is 1. The Kier molecular flexibility index (Phi) is 5.64. The molecule has 0 aliphatic carbocycles. The number of amides is 1. The third-order valence-electron chi connectivity index (χ3n) is 6.63. The standard InChI is InChI=1S/C26H27F2N5O/c1-17-4-6-21(25(34)30-24-14-23-26(27,28)9-3-10-33(23)31-24)13-20(17)7-5-19-12-22(16-29-15-19)32-11-8-18(32)2/h4,6,12-14,16,18,29H,3,8-11,15H2,1-2H3,(H,30,31,34). The largest absolute Gasteiger partial charge is 0.385 e. The highest BCUT2D eigenvalue weighted by atomic mass is 19.3. The number of hydrogen-bond acceptors (Lipinski definition) is 4. The molecule has 1 fully saturated rings. The van der Waals surface area contributed by atoms with E-state index in [2.05, 4.69) is 45.5 Å². The van der Waals surface area contributed by atoms with Gasteiger partial charge in [-0.05, 0) is 50.5 Å². The van der Waals surface area contributed by atoms with E-state index in [0.717, 1.165) is 28.9 Å². The summed E-state index contributed by atoms with van der Waals surface area (Å²) in [7, 11) is 0. The summed E-state index contributed by atoms with van der Waals surface area (Å²) in [5.74, 6) is 3.23. The van der Waals surface area contributed by atoms with Crippen molar-refractivity contribution in [3.8, 4) is 11.8 Å². The molecule has 34 heavy (non-hydrogen) atoms. The van der Waals surface area contributed by atoms with E-state index < -0.39 is 11.8 Å². The van der Waals surface area contributed by atoms with Crippen LogP contribution in [-0.4, -0.2) is 39.7 Å². The van der Waals surface area contributed by atoms with Crippen molar-refractivity contribution in [3.63, 3.8) is 0 Å². The zero-order valence-corrected chi connectivity index (χ0v) is 19.3. The minimum atomic E-state index is -2.92. The monoisotopic (exact) mass is 463 g/mol. The van der Waals surface area contributed by atoms with Crippen molar-refractivity contribution in [2.24, 2.45) is 0 Å². The topological polar surface area (TPSA) is 62.2 Å². The summed E-state index contributed by atoms with van der Waals surface area (Å²) in [5.41, 5.74) is 4.08. The summed E-state index contributed by atoms with van der Waals surface area (Å²) in [6, 6.07) is 7.08. The smallest absolute Gasteiger partial charge is 0.289 e. The zero-order valence-electron chi connectivity index (χ0n) is 19.3. The highest BCUT2D eigenvalue weighted by molar-refractivity contribution is 6.04. The molecule has 3 aliphatic heterocycles. The molecule has 5 rings (SSSR count). The molecule has 6 nitrogen and oxygen atoms in total. The Morgan fingerprint density at radius 3 is 2.85 bits per heavy atom. The van der Waals surface area contributed by atoms with E-state index in [9.17, 15) is 13.6 Å². The number of aryl methyl sites for hydroxylation is 2. The summed E-state index contributed by atoms with van der Waals surface area (Å²) in [4.78, 5) is 15.2. The van der Waals surface area contributed by atoms with E-state index in [1.165, 1.54) is 17.2 Å². The lowest BCUT2D eigenvalue weighted by atomic mass is 10.0. The second-order valence-corrected chi connectivity index (χ2v) is 9.13. The normalized spacial score (nSPS) is 20.6. The van der Waals surface area contributed by atoms with Crippen LogP contribution >= 0.6 is 0 Å². The molecule has 0 saturated carbocycles. The quantitative estimate of drug-likeness (QED) is 0.672.